The number of rotatable bonds is 8. The van der Waals surface area contributed by atoms with Crippen LogP contribution in [0, 0.1) is 5.92 Å². The van der Waals surface area contributed by atoms with Gasteiger partial charge in [0, 0.05) is 18.6 Å². The molecule has 3 heteroatoms. The minimum atomic E-state index is 0.620. The van der Waals surface area contributed by atoms with Crippen LogP contribution in [0.2, 0.25) is 0 Å². The van der Waals surface area contributed by atoms with Crippen molar-refractivity contribution in [1.82, 2.24) is 15.1 Å². The van der Waals surface area contributed by atoms with E-state index in [0.717, 1.165) is 19.6 Å². The van der Waals surface area contributed by atoms with Gasteiger partial charge in [0.15, 0.2) is 0 Å². The molecule has 0 aliphatic carbocycles. The van der Waals surface area contributed by atoms with Gasteiger partial charge in [-0.05, 0) is 54.0 Å². The fourth-order valence-electron chi connectivity index (χ4n) is 2.45. The predicted molar refractivity (Wildman–Crippen MR) is 72.9 cm³/mol. The van der Waals surface area contributed by atoms with Gasteiger partial charge in [0.05, 0.1) is 0 Å². The van der Waals surface area contributed by atoms with Crippen LogP contribution in [-0.4, -0.2) is 62.7 Å². The molecule has 3 unspecified atom stereocenters. The van der Waals surface area contributed by atoms with E-state index in [-0.39, 0.29) is 0 Å². The summed E-state index contributed by atoms with van der Waals surface area (Å²) in [7, 11) is 6.32. The lowest BCUT2D eigenvalue weighted by molar-refractivity contribution is 0.105. The third kappa shape index (κ3) is 5.28. The minimum absolute atomic E-state index is 0.620. The summed E-state index contributed by atoms with van der Waals surface area (Å²) in [5.41, 5.74) is 0. The quantitative estimate of drug-likeness (QED) is 0.680. The van der Waals surface area contributed by atoms with Gasteiger partial charge in [0.25, 0.3) is 0 Å². The van der Waals surface area contributed by atoms with E-state index in [1.54, 1.807) is 0 Å². The molecule has 0 aliphatic rings. The molecule has 0 aromatic heterocycles. The van der Waals surface area contributed by atoms with Crippen LogP contribution in [0.1, 0.15) is 27.7 Å². The molecule has 0 aromatic carbocycles. The molecule has 98 valence electrons. The van der Waals surface area contributed by atoms with Crippen molar-refractivity contribution < 1.29 is 0 Å². The van der Waals surface area contributed by atoms with E-state index < -0.39 is 0 Å². The molecule has 0 aromatic rings. The molecule has 0 radical (unpaired) electrons. The molecule has 0 saturated carbocycles. The van der Waals surface area contributed by atoms with Crippen molar-refractivity contribution in [2.24, 2.45) is 5.92 Å². The Morgan fingerprint density at radius 2 is 1.69 bits per heavy atom. The van der Waals surface area contributed by atoms with Crippen molar-refractivity contribution in [3.63, 3.8) is 0 Å². The van der Waals surface area contributed by atoms with Gasteiger partial charge >= 0.3 is 0 Å². The van der Waals surface area contributed by atoms with Crippen molar-refractivity contribution in [2.75, 3.05) is 40.8 Å². The lowest BCUT2D eigenvalue weighted by Crippen LogP contribution is -2.48. The van der Waals surface area contributed by atoms with Crippen molar-refractivity contribution >= 4 is 0 Å². The first-order valence-electron chi connectivity index (χ1n) is 6.49. The van der Waals surface area contributed by atoms with Gasteiger partial charge in [-0.1, -0.05) is 13.8 Å². The number of hydrogen-bond acceptors (Lipinski definition) is 3. The van der Waals surface area contributed by atoms with Gasteiger partial charge in [0.1, 0.15) is 0 Å². The maximum absolute atomic E-state index is 3.27. The van der Waals surface area contributed by atoms with Crippen LogP contribution < -0.4 is 5.32 Å². The highest BCUT2D eigenvalue weighted by molar-refractivity contribution is 4.78. The fourth-order valence-corrected chi connectivity index (χ4v) is 2.45. The Hall–Kier alpha value is -0.120. The topological polar surface area (TPSA) is 18.5 Å². The molecular formula is C13H31N3. The molecule has 0 spiro atoms. The van der Waals surface area contributed by atoms with Crippen LogP contribution in [-0.2, 0) is 0 Å². The number of nitrogens with zero attached hydrogens (tertiary/aromatic N) is 2. The Morgan fingerprint density at radius 3 is 2.06 bits per heavy atom. The Kier molecular flexibility index (Phi) is 7.98. The van der Waals surface area contributed by atoms with E-state index in [9.17, 15) is 0 Å². The Labute approximate surface area is 102 Å². The van der Waals surface area contributed by atoms with Crippen LogP contribution in [0.15, 0.2) is 0 Å². The summed E-state index contributed by atoms with van der Waals surface area (Å²) in [4.78, 5) is 4.87. The summed E-state index contributed by atoms with van der Waals surface area (Å²) in [6.07, 6.45) is 0. The zero-order valence-corrected chi connectivity index (χ0v) is 12.2. The SMILES string of the molecule is CCN(C(C)CN(C)C)C(C)C(C)CNC. The van der Waals surface area contributed by atoms with Gasteiger partial charge in [0.2, 0.25) is 0 Å². The maximum Gasteiger partial charge on any atom is 0.0197 e. The summed E-state index contributed by atoms with van der Waals surface area (Å²) >= 11 is 0. The van der Waals surface area contributed by atoms with Gasteiger partial charge in [-0.25, -0.2) is 0 Å². The van der Waals surface area contributed by atoms with Crippen LogP contribution in [0.25, 0.3) is 0 Å². The molecular weight excluding hydrogens is 198 g/mol. The first-order valence-corrected chi connectivity index (χ1v) is 6.49. The first kappa shape index (κ1) is 15.9. The largest absolute Gasteiger partial charge is 0.319 e. The zero-order valence-electron chi connectivity index (χ0n) is 12.2. The lowest BCUT2D eigenvalue weighted by atomic mass is 10.0. The molecule has 1 N–H and O–H groups in total. The average Bonchev–Trinajstić information content (AvgIpc) is 2.17. The fraction of sp³-hybridized carbons (Fsp3) is 1.00. The van der Waals surface area contributed by atoms with E-state index in [1.165, 1.54) is 0 Å². The van der Waals surface area contributed by atoms with Crippen molar-refractivity contribution in [1.29, 1.82) is 0 Å². The van der Waals surface area contributed by atoms with E-state index in [0.29, 0.717) is 18.0 Å². The summed E-state index contributed by atoms with van der Waals surface area (Å²) in [5.74, 6) is 0.689. The van der Waals surface area contributed by atoms with Crippen molar-refractivity contribution in [3.8, 4) is 0 Å². The number of nitrogens with one attached hydrogen (secondary N) is 1. The molecule has 0 fully saturated rings. The maximum atomic E-state index is 3.27. The molecule has 0 heterocycles. The van der Waals surface area contributed by atoms with E-state index >= 15 is 0 Å². The Balaban J connectivity index is 4.34. The number of hydrogen-bond donors (Lipinski definition) is 1. The Morgan fingerprint density at radius 1 is 1.12 bits per heavy atom. The molecule has 3 nitrogen and oxygen atoms in total. The van der Waals surface area contributed by atoms with Gasteiger partial charge in [-0.15, -0.1) is 0 Å². The van der Waals surface area contributed by atoms with Gasteiger partial charge in [-0.2, -0.15) is 0 Å². The summed E-state index contributed by atoms with van der Waals surface area (Å²) in [6.45, 7) is 12.6. The van der Waals surface area contributed by atoms with Crippen LogP contribution in [0.4, 0.5) is 0 Å². The highest BCUT2D eigenvalue weighted by Gasteiger charge is 2.22. The van der Waals surface area contributed by atoms with Gasteiger partial charge < -0.3 is 10.2 Å². The van der Waals surface area contributed by atoms with Crippen molar-refractivity contribution in [3.05, 3.63) is 0 Å². The van der Waals surface area contributed by atoms with Crippen LogP contribution in [0.5, 0.6) is 0 Å². The van der Waals surface area contributed by atoms with Crippen molar-refractivity contribution in [2.45, 2.75) is 39.8 Å². The highest BCUT2D eigenvalue weighted by atomic mass is 15.2. The third-order valence-electron chi connectivity index (χ3n) is 3.43. The minimum Gasteiger partial charge on any atom is -0.319 e. The lowest BCUT2D eigenvalue weighted by Gasteiger charge is -2.38. The summed E-state index contributed by atoms with van der Waals surface area (Å²) in [5, 5.41) is 3.27. The first-order chi connectivity index (χ1) is 7.43. The van der Waals surface area contributed by atoms with E-state index in [4.69, 9.17) is 0 Å². The second-order valence-corrected chi connectivity index (χ2v) is 5.22. The Bertz CT molecular complexity index is 171. The number of likely N-dealkylation sites (N-methyl/N-ethyl adjacent to an activating group) is 2. The van der Waals surface area contributed by atoms with Gasteiger partial charge in [-0.3, -0.25) is 4.90 Å². The van der Waals surface area contributed by atoms with Crippen LogP contribution >= 0.6 is 0 Å². The van der Waals surface area contributed by atoms with E-state index in [1.807, 2.05) is 7.05 Å². The van der Waals surface area contributed by atoms with E-state index in [2.05, 4.69) is 56.9 Å². The normalized spacial score (nSPS) is 17.8. The molecule has 0 amide bonds. The molecule has 16 heavy (non-hydrogen) atoms. The monoisotopic (exact) mass is 229 g/mol. The standard InChI is InChI=1S/C13H31N3/c1-8-16(12(3)10-15(6)7)13(4)11(2)9-14-5/h11-14H,8-10H2,1-7H3. The molecule has 0 aliphatic heterocycles. The summed E-state index contributed by atoms with van der Waals surface area (Å²) in [6, 6.07) is 1.25. The third-order valence-corrected chi connectivity index (χ3v) is 3.43. The molecule has 3 atom stereocenters. The molecule has 0 saturated heterocycles. The molecule has 0 bridgehead atoms. The summed E-state index contributed by atoms with van der Waals surface area (Å²) < 4.78 is 0. The second-order valence-electron chi connectivity index (χ2n) is 5.22. The average molecular weight is 229 g/mol. The van der Waals surface area contributed by atoms with Crippen LogP contribution in [0.3, 0.4) is 0 Å². The second kappa shape index (κ2) is 8.04. The highest BCUT2D eigenvalue weighted by Crippen LogP contribution is 2.13. The zero-order chi connectivity index (χ0) is 12.7. The predicted octanol–water partition coefficient (Wildman–Crippen LogP) is 1.50. The molecule has 0 rings (SSSR count). The smallest absolute Gasteiger partial charge is 0.0197 e.